The van der Waals surface area contributed by atoms with Crippen LogP contribution in [-0.4, -0.2) is 25.0 Å². The van der Waals surface area contributed by atoms with Gasteiger partial charge in [0.15, 0.2) is 0 Å². The van der Waals surface area contributed by atoms with Crippen molar-refractivity contribution in [2.24, 2.45) is 0 Å². The molecule has 4 heteroatoms. The van der Waals surface area contributed by atoms with Crippen molar-refractivity contribution in [2.75, 3.05) is 7.11 Å². The molecule has 0 saturated heterocycles. The van der Waals surface area contributed by atoms with Crippen LogP contribution in [0.3, 0.4) is 0 Å². The molecule has 5 aromatic carbocycles. The van der Waals surface area contributed by atoms with Crippen LogP contribution in [-0.2, 0) is 16.0 Å². The van der Waals surface area contributed by atoms with E-state index in [1.807, 2.05) is 60.7 Å². The first-order chi connectivity index (χ1) is 16.2. The van der Waals surface area contributed by atoms with Gasteiger partial charge in [-0.25, -0.2) is 4.79 Å². The van der Waals surface area contributed by atoms with Gasteiger partial charge in [-0.05, 0) is 50.0 Å². The topological polar surface area (TPSA) is 55.4 Å². The van der Waals surface area contributed by atoms with E-state index in [2.05, 4.69) is 35.6 Å². The van der Waals surface area contributed by atoms with Crippen LogP contribution in [0.4, 0.5) is 0 Å². The molecule has 0 radical (unpaired) electrons. The number of amides is 1. The number of esters is 1. The Morgan fingerprint density at radius 1 is 0.727 bits per heavy atom. The zero-order chi connectivity index (χ0) is 22.8. The highest BCUT2D eigenvalue weighted by molar-refractivity contribution is 6.08. The van der Waals surface area contributed by atoms with E-state index in [1.54, 1.807) is 6.07 Å². The van der Waals surface area contributed by atoms with Crippen LogP contribution >= 0.6 is 0 Å². The summed E-state index contributed by atoms with van der Waals surface area (Å²) in [6, 6.07) is 30.8. The summed E-state index contributed by atoms with van der Waals surface area (Å²) in [5.41, 5.74) is 1.54. The minimum atomic E-state index is -0.823. The van der Waals surface area contributed by atoms with Gasteiger partial charge in [0.05, 0.1) is 7.11 Å². The molecule has 5 aromatic rings. The minimum absolute atomic E-state index is 0.299. The molecule has 1 amide bonds. The van der Waals surface area contributed by atoms with Gasteiger partial charge >= 0.3 is 5.97 Å². The number of hydrogen-bond donors (Lipinski definition) is 1. The van der Waals surface area contributed by atoms with Crippen molar-refractivity contribution in [3.8, 4) is 0 Å². The second kappa shape index (κ2) is 8.75. The second-order valence-corrected chi connectivity index (χ2v) is 8.08. The predicted molar refractivity (Wildman–Crippen MR) is 132 cm³/mol. The monoisotopic (exact) mass is 433 g/mol. The first-order valence-corrected chi connectivity index (χ1v) is 10.9. The Bertz CT molecular complexity index is 1450. The standard InChI is InChI=1S/C29H23NO3/c1-33-29(32)27(30-28(31)25-16-8-12-19-9-2-5-13-22(19)25)18-26-23-14-6-3-10-20(23)17-21-11-4-7-15-24(21)26/h2-17,27H,18H2,1H3,(H,30,31)/t27-/m0/s1. The molecule has 0 spiro atoms. The molecule has 0 bridgehead atoms. The third kappa shape index (κ3) is 3.92. The molecule has 1 N–H and O–H groups in total. The summed E-state index contributed by atoms with van der Waals surface area (Å²) < 4.78 is 5.08. The molecule has 0 aliphatic rings. The smallest absolute Gasteiger partial charge is 0.328 e. The minimum Gasteiger partial charge on any atom is -0.467 e. The number of carbonyl (C=O) groups is 2. The zero-order valence-electron chi connectivity index (χ0n) is 18.2. The molecular formula is C29H23NO3. The number of rotatable bonds is 5. The number of carbonyl (C=O) groups excluding carboxylic acids is 2. The highest BCUT2D eigenvalue weighted by atomic mass is 16.5. The lowest BCUT2D eigenvalue weighted by Crippen LogP contribution is -2.43. The Labute approximate surface area is 191 Å². The third-order valence-corrected chi connectivity index (χ3v) is 6.12. The lowest BCUT2D eigenvalue weighted by atomic mass is 9.92. The molecule has 0 saturated carbocycles. The van der Waals surface area contributed by atoms with E-state index in [4.69, 9.17) is 4.74 Å². The SMILES string of the molecule is COC(=O)[C@H](Cc1c2ccccc2cc2ccccc12)NC(=O)c1cccc2ccccc12. The van der Waals surface area contributed by atoms with Gasteiger partial charge in [0.1, 0.15) is 6.04 Å². The van der Waals surface area contributed by atoms with Crippen molar-refractivity contribution in [3.05, 3.63) is 108 Å². The summed E-state index contributed by atoms with van der Waals surface area (Å²) in [7, 11) is 1.35. The average Bonchev–Trinajstić information content (AvgIpc) is 2.87. The van der Waals surface area contributed by atoms with Gasteiger partial charge in [0.25, 0.3) is 5.91 Å². The molecule has 0 unspecified atom stereocenters. The van der Waals surface area contributed by atoms with Crippen LogP contribution in [0, 0.1) is 0 Å². The molecule has 1 atom stereocenters. The highest BCUT2D eigenvalue weighted by Crippen LogP contribution is 2.30. The molecule has 4 nitrogen and oxygen atoms in total. The van der Waals surface area contributed by atoms with Crippen molar-refractivity contribution in [1.29, 1.82) is 0 Å². The number of nitrogens with one attached hydrogen (secondary N) is 1. The van der Waals surface area contributed by atoms with E-state index >= 15 is 0 Å². The van der Waals surface area contributed by atoms with Gasteiger partial charge in [-0.2, -0.15) is 0 Å². The number of hydrogen-bond acceptors (Lipinski definition) is 3. The van der Waals surface area contributed by atoms with E-state index in [1.165, 1.54) is 7.11 Å². The quantitative estimate of drug-likeness (QED) is 0.287. The molecule has 0 heterocycles. The molecular weight excluding hydrogens is 410 g/mol. The normalized spacial score (nSPS) is 12.0. The van der Waals surface area contributed by atoms with Gasteiger partial charge < -0.3 is 10.1 Å². The fraction of sp³-hybridized carbons (Fsp3) is 0.103. The lowest BCUT2D eigenvalue weighted by Gasteiger charge is -2.20. The summed E-state index contributed by atoms with van der Waals surface area (Å²) in [5.74, 6) is -0.771. The Balaban J connectivity index is 1.56. The molecule has 33 heavy (non-hydrogen) atoms. The maximum Gasteiger partial charge on any atom is 0.328 e. The largest absolute Gasteiger partial charge is 0.467 e. The van der Waals surface area contributed by atoms with E-state index in [0.717, 1.165) is 37.9 Å². The summed E-state index contributed by atoms with van der Waals surface area (Å²) in [5, 5.41) is 9.06. The van der Waals surface area contributed by atoms with Gasteiger partial charge in [-0.3, -0.25) is 4.79 Å². The van der Waals surface area contributed by atoms with E-state index in [-0.39, 0.29) is 5.91 Å². The lowest BCUT2D eigenvalue weighted by molar-refractivity contribution is -0.142. The Kier molecular flexibility index (Phi) is 5.49. The van der Waals surface area contributed by atoms with Crippen LogP contribution in [0.5, 0.6) is 0 Å². The Morgan fingerprint density at radius 3 is 1.91 bits per heavy atom. The Morgan fingerprint density at radius 2 is 1.27 bits per heavy atom. The number of ether oxygens (including phenoxy) is 1. The zero-order valence-corrected chi connectivity index (χ0v) is 18.2. The summed E-state index contributed by atoms with van der Waals surface area (Å²) in [6.45, 7) is 0. The molecule has 0 aromatic heterocycles. The number of methoxy groups -OCH3 is 1. The van der Waals surface area contributed by atoms with E-state index in [0.29, 0.717) is 12.0 Å². The first-order valence-electron chi connectivity index (χ1n) is 10.9. The van der Waals surface area contributed by atoms with Crippen molar-refractivity contribution in [3.63, 3.8) is 0 Å². The van der Waals surface area contributed by atoms with Crippen molar-refractivity contribution < 1.29 is 14.3 Å². The van der Waals surface area contributed by atoms with Crippen LogP contribution in [0.2, 0.25) is 0 Å². The summed E-state index contributed by atoms with van der Waals surface area (Å²) in [6.07, 6.45) is 0.324. The summed E-state index contributed by atoms with van der Waals surface area (Å²) >= 11 is 0. The molecule has 0 aliphatic carbocycles. The predicted octanol–water partition coefficient (Wildman–Crippen LogP) is 5.66. The van der Waals surface area contributed by atoms with Crippen LogP contribution in [0.25, 0.3) is 32.3 Å². The Hall–Kier alpha value is -4.18. The second-order valence-electron chi connectivity index (χ2n) is 8.08. The van der Waals surface area contributed by atoms with Gasteiger partial charge in [-0.1, -0.05) is 84.9 Å². The molecule has 162 valence electrons. The van der Waals surface area contributed by atoms with E-state index in [9.17, 15) is 9.59 Å². The van der Waals surface area contributed by atoms with Gasteiger partial charge in [0.2, 0.25) is 0 Å². The maximum atomic E-state index is 13.3. The van der Waals surface area contributed by atoms with Gasteiger partial charge in [-0.15, -0.1) is 0 Å². The fourth-order valence-corrected chi connectivity index (χ4v) is 4.53. The number of fused-ring (bicyclic) bond motifs is 3. The van der Waals surface area contributed by atoms with Crippen molar-refractivity contribution >= 4 is 44.2 Å². The van der Waals surface area contributed by atoms with Crippen LogP contribution in [0.15, 0.2) is 97.1 Å². The maximum absolute atomic E-state index is 13.3. The molecule has 0 aliphatic heterocycles. The highest BCUT2D eigenvalue weighted by Gasteiger charge is 2.25. The number of benzene rings is 5. The van der Waals surface area contributed by atoms with Crippen molar-refractivity contribution in [1.82, 2.24) is 5.32 Å². The van der Waals surface area contributed by atoms with Crippen LogP contribution < -0.4 is 5.32 Å². The van der Waals surface area contributed by atoms with E-state index < -0.39 is 12.0 Å². The fourth-order valence-electron chi connectivity index (χ4n) is 4.53. The molecule has 0 fully saturated rings. The summed E-state index contributed by atoms with van der Waals surface area (Å²) in [4.78, 5) is 26.1. The average molecular weight is 434 g/mol. The van der Waals surface area contributed by atoms with Crippen LogP contribution in [0.1, 0.15) is 15.9 Å². The van der Waals surface area contributed by atoms with Gasteiger partial charge in [0, 0.05) is 12.0 Å². The third-order valence-electron chi connectivity index (χ3n) is 6.12. The van der Waals surface area contributed by atoms with Crippen molar-refractivity contribution in [2.45, 2.75) is 12.5 Å². The first kappa shape index (κ1) is 20.7. The molecule has 5 rings (SSSR count).